The summed E-state index contributed by atoms with van der Waals surface area (Å²) in [5.41, 5.74) is 1.33. The average Bonchev–Trinajstić information content (AvgIpc) is 3.22. The highest BCUT2D eigenvalue weighted by Gasteiger charge is 2.41. The molecule has 0 aliphatic carbocycles. The van der Waals surface area contributed by atoms with Crippen molar-refractivity contribution in [1.29, 1.82) is 0 Å². The Labute approximate surface area is 213 Å². The van der Waals surface area contributed by atoms with Crippen LogP contribution in [0.4, 0.5) is 0 Å². The Kier molecular flexibility index (Phi) is 7.45. The van der Waals surface area contributed by atoms with Crippen LogP contribution in [-0.4, -0.2) is 45.5 Å². The molecule has 11 heteroatoms. The number of hydrogen-bond acceptors (Lipinski definition) is 8. The van der Waals surface area contributed by atoms with Gasteiger partial charge in [0, 0.05) is 6.42 Å². The first kappa shape index (κ1) is 24.8. The lowest BCUT2D eigenvalue weighted by Crippen LogP contribution is -2.36. The van der Waals surface area contributed by atoms with E-state index in [2.05, 4.69) is 10.1 Å². The van der Waals surface area contributed by atoms with Crippen LogP contribution in [0.5, 0.6) is 0 Å². The second-order valence-electron chi connectivity index (χ2n) is 8.13. The number of carbonyl (C=O) groups excluding carboxylic acids is 2. The first-order valence-electron chi connectivity index (χ1n) is 10.8. The number of esters is 2. The number of nitrogens with one attached hydrogen (secondary N) is 1. The molecule has 0 unspecified atom stereocenters. The Morgan fingerprint density at radius 1 is 1.03 bits per heavy atom. The predicted molar refractivity (Wildman–Crippen MR) is 132 cm³/mol. The van der Waals surface area contributed by atoms with Crippen molar-refractivity contribution in [2.75, 3.05) is 6.61 Å². The first-order valence-corrected chi connectivity index (χ1v) is 11.8. The number of carbonyl (C=O) groups is 2. The molecule has 1 aliphatic heterocycles. The maximum Gasteiger partial charge on any atom is 0.347 e. The quantitative estimate of drug-likeness (QED) is 0.342. The summed E-state index contributed by atoms with van der Waals surface area (Å²) >= 11 is 1.70. The van der Waals surface area contributed by atoms with Gasteiger partial charge in [0.15, 0.2) is 9.93 Å². The van der Waals surface area contributed by atoms with Gasteiger partial charge in [-0.15, -0.1) is 0 Å². The zero-order chi connectivity index (χ0) is 25.1. The van der Waals surface area contributed by atoms with E-state index in [0.29, 0.717) is 11.1 Å². The SMILES string of the molecule is Cc1ccc(C(=O)OC[C@H]2O[C@@H](n3nc(I)c(=O)[nH]c3=O)C[C@@H]2OC(=O)c2ccc(C)cc2)cc1. The highest BCUT2D eigenvalue weighted by molar-refractivity contribution is 14.1. The van der Waals surface area contributed by atoms with E-state index >= 15 is 0 Å². The molecule has 1 N–H and O–H groups in total. The van der Waals surface area contributed by atoms with Crippen LogP contribution >= 0.6 is 22.6 Å². The smallest absolute Gasteiger partial charge is 0.347 e. The molecular weight excluding hydrogens is 569 g/mol. The maximum absolute atomic E-state index is 12.7. The molecule has 4 rings (SSSR count). The zero-order valence-corrected chi connectivity index (χ0v) is 21.1. The van der Waals surface area contributed by atoms with Gasteiger partial charge in [-0.25, -0.2) is 14.4 Å². The van der Waals surface area contributed by atoms with Gasteiger partial charge in [0.05, 0.1) is 11.1 Å². The number of benzene rings is 2. The molecule has 10 nitrogen and oxygen atoms in total. The number of ether oxygens (including phenoxy) is 3. The summed E-state index contributed by atoms with van der Waals surface area (Å²) in [6, 6.07) is 13.8. The maximum atomic E-state index is 12.7. The van der Waals surface area contributed by atoms with Gasteiger partial charge in [0.1, 0.15) is 18.8 Å². The Morgan fingerprint density at radius 2 is 1.60 bits per heavy atom. The van der Waals surface area contributed by atoms with Crippen molar-refractivity contribution < 1.29 is 23.8 Å². The highest BCUT2D eigenvalue weighted by Crippen LogP contribution is 2.30. The minimum Gasteiger partial charge on any atom is -0.459 e. The van der Waals surface area contributed by atoms with Gasteiger partial charge in [-0.05, 0) is 60.7 Å². The molecule has 0 bridgehead atoms. The van der Waals surface area contributed by atoms with Crippen LogP contribution in [0.3, 0.4) is 0 Å². The Bertz CT molecular complexity index is 1350. The molecular formula is C24H22IN3O7. The number of aromatic amines is 1. The number of H-pyrrole nitrogens is 1. The molecule has 182 valence electrons. The van der Waals surface area contributed by atoms with Crippen LogP contribution in [0.1, 0.15) is 44.5 Å². The summed E-state index contributed by atoms with van der Waals surface area (Å²) in [5, 5.41) is 4.00. The summed E-state index contributed by atoms with van der Waals surface area (Å²) in [4.78, 5) is 51.4. The summed E-state index contributed by atoms with van der Waals surface area (Å²) in [6.07, 6.45) is -2.56. The summed E-state index contributed by atoms with van der Waals surface area (Å²) in [5.74, 6) is -1.14. The van der Waals surface area contributed by atoms with Gasteiger partial charge in [0.25, 0.3) is 5.56 Å². The third-order valence-corrected chi connectivity index (χ3v) is 6.18. The number of hydrogen-bond donors (Lipinski definition) is 1. The van der Waals surface area contributed by atoms with Crippen molar-refractivity contribution >= 4 is 34.5 Å². The predicted octanol–water partition coefficient (Wildman–Crippen LogP) is 2.52. The summed E-state index contributed by atoms with van der Waals surface area (Å²) in [6.45, 7) is 3.59. The van der Waals surface area contributed by atoms with Crippen LogP contribution in [0, 0.1) is 17.5 Å². The molecule has 1 aliphatic rings. The van der Waals surface area contributed by atoms with Crippen LogP contribution in [0.2, 0.25) is 0 Å². The fourth-order valence-electron chi connectivity index (χ4n) is 3.54. The van der Waals surface area contributed by atoms with Gasteiger partial charge in [-0.1, -0.05) is 35.4 Å². The van der Waals surface area contributed by atoms with Crippen molar-refractivity contribution in [2.24, 2.45) is 0 Å². The Balaban J connectivity index is 1.53. The van der Waals surface area contributed by atoms with E-state index in [1.807, 2.05) is 13.8 Å². The van der Waals surface area contributed by atoms with Crippen molar-refractivity contribution in [3.63, 3.8) is 0 Å². The van der Waals surface area contributed by atoms with E-state index in [4.69, 9.17) is 14.2 Å². The van der Waals surface area contributed by atoms with E-state index in [0.717, 1.165) is 15.8 Å². The standard InChI is InChI=1S/C24H22IN3O7/c1-13-3-7-15(8-4-13)22(30)33-12-18-17(35-23(31)16-9-5-14(2)6-10-16)11-19(34-18)28-24(32)26-21(29)20(25)27-28/h3-10,17-19H,11-12H2,1-2H3,(H,26,29,32)/t17-,18+,19+/m0/s1. The lowest BCUT2D eigenvalue weighted by Gasteiger charge is -2.19. The van der Waals surface area contributed by atoms with Crippen molar-refractivity contribution in [3.05, 3.63) is 95.3 Å². The van der Waals surface area contributed by atoms with Gasteiger partial charge in [-0.2, -0.15) is 9.78 Å². The zero-order valence-electron chi connectivity index (χ0n) is 18.9. The molecule has 1 aromatic heterocycles. The van der Waals surface area contributed by atoms with E-state index in [1.54, 1.807) is 71.1 Å². The van der Waals surface area contributed by atoms with Gasteiger partial charge >= 0.3 is 17.6 Å². The molecule has 1 saturated heterocycles. The molecule has 0 saturated carbocycles. The lowest BCUT2D eigenvalue weighted by molar-refractivity contribution is -0.0618. The number of aromatic nitrogens is 3. The Morgan fingerprint density at radius 3 is 2.20 bits per heavy atom. The van der Waals surface area contributed by atoms with E-state index in [-0.39, 0.29) is 16.7 Å². The third-order valence-electron chi connectivity index (χ3n) is 5.48. The fraction of sp³-hybridized carbons (Fsp3) is 0.292. The van der Waals surface area contributed by atoms with E-state index in [1.165, 1.54) is 0 Å². The second-order valence-corrected chi connectivity index (χ2v) is 9.16. The molecule has 35 heavy (non-hydrogen) atoms. The summed E-state index contributed by atoms with van der Waals surface area (Å²) in [7, 11) is 0. The van der Waals surface area contributed by atoms with Gasteiger partial charge in [0.2, 0.25) is 0 Å². The van der Waals surface area contributed by atoms with Crippen LogP contribution in [0.15, 0.2) is 58.1 Å². The number of halogens is 1. The molecule has 2 heterocycles. The third kappa shape index (κ3) is 5.85. The normalized spacial score (nSPS) is 19.3. The minimum absolute atomic E-state index is 0.0493. The topological polar surface area (TPSA) is 130 Å². The second kappa shape index (κ2) is 10.5. The van der Waals surface area contributed by atoms with E-state index < -0.39 is 41.6 Å². The molecule has 1 fully saturated rings. The Hall–Kier alpha value is -3.32. The largest absolute Gasteiger partial charge is 0.459 e. The number of rotatable bonds is 6. The molecule has 2 aromatic carbocycles. The van der Waals surface area contributed by atoms with Crippen molar-refractivity contribution in [2.45, 2.75) is 38.7 Å². The lowest BCUT2D eigenvalue weighted by atomic mass is 10.1. The van der Waals surface area contributed by atoms with Crippen LogP contribution < -0.4 is 11.2 Å². The first-order chi connectivity index (χ1) is 16.7. The molecule has 0 amide bonds. The molecule has 0 spiro atoms. The van der Waals surface area contributed by atoms with Crippen LogP contribution in [-0.2, 0) is 14.2 Å². The van der Waals surface area contributed by atoms with E-state index in [9.17, 15) is 19.2 Å². The van der Waals surface area contributed by atoms with Crippen molar-refractivity contribution in [1.82, 2.24) is 14.8 Å². The molecule has 3 aromatic rings. The highest BCUT2D eigenvalue weighted by atomic mass is 127. The van der Waals surface area contributed by atoms with Gasteiger partial charge in [-0.3, -0.25) is 9.78 Å². The minimum atomic E-state index is -0.938. The fourth-order valence-corrected chi connectivity index (χ4v) is 3.90. The number of nitrogens with zero attached hydrogens (tertiary/aromatic N) is 2. The summed E-state index contributed by atoms with van der Waals surface area (Å²) < 4.78 is 18.0. The molecule has 3 atom stereocenters. The van der Waals surface area contributed by atoms with Gasteiger partial charge < -0.3 is 14.2 Å². The monoisotopic (exact) mass is 591 g/mol. The molecule has 0 radical (unpaired) electrons. The van der Waals surface area contributed by atoms with Crippen LogP contribution in [0.25, 0.3) is 0 Å². The average molecular weight is 591 g/mol. The number of aryl methyl sites for hydroxylation is 2. The van der Waals surface area contributed by atoms with Crippen molar-refractivity contribution in [3.8, 4) is 0 Å².